The third-order valence-electron chi connectivity index (χ3n) is 4.57. The molecule has 0 aromatic carbocycles. The number of fused-ring (bicyclic) bond motifs is 2. The van der Waals surface area contributed by atoms with Crippen LogP contribution in [0.5, 0.6) is 0 Å². The Labute approximate surface area is 95.6 Å². The zero-order valence-corrected chi connectivity index (χ0v) is 8.75. The normalized spacial score (nSPS) is 40.9. The van der Waals surface area contributed by atoms with E-state index in [4.69, 9.17) is 10.2 Å². The Morgan fingerprint density at radius 3 is 1.59 bits per heavy atom. The van der Waals surface area contributed by atoms with E-state index in [-0.39, 0.29) is 24.4 Å². The highest BCUT2D eigenvalue weighted by molar-refractivity contribution is 6.09. The number of carbonyl (C=O) groups excluding carboxylic acids is 2. The Kier molecular flexibility index (Phi) is 1.69. The van der Waals surface area contributed by atoms with Gasteiger partial charge in [0.05, 0.1) is 0 Å². The summed E-state index contributed by atoms with van der Waals surface area (Å²) in [5.74, 6) is -5.88. The van der Waals surface area contributed by atoms with Crippen molar-refractivity contribution in [2.24, 2.45) is 29.1 Å². The molecular formula is C11H10O6. The molecule has 6 heteroatoms. The van der Waals surface area contributed by atoms with E-state index in [0.717, 1.165) is 0 Å². The Bertz CT molecular complexity index is 434. The minimum Gasteiger partial charge on any atom is -0.480 e. The van der Waals surface area contributed by atoms with E-state index in [0.29, 0.717) is 0 Å². The van der Waals surface area contributed by atoms with Crippen LogP contribution in [0.4, 0.5) is 0 Å². The number of aliphatic carboxylic acids is 2. The first kappa shape index (κ1) is 10.4. The molecule has 4 fully saturated rings. The number of hydrogen-bond acceptors (Lipinski definition) is 4. The van der Waals surface area contributed by atoms with Crippen molar-refractivity contribution in [3.05, 3.63) is 0 Å². The van der Waals surface area contributed by atoms with Crippen LogP contribution < -0.4 is 0 Å². The van der Waals surface area contributed by atoms with E-state index in [2.05, 4.69) is 0 Å². The van der Waals surface area contributed by atoms with Crippen molar-refractivity contribution < 1.29 is 29.4 Å². The maximum Gasteiger partial charge on any atom is 0.321 e. The topological polar surface area (TPSA) is 109 Å². The number of rotatable bonds is 2. The molecule has 4 atom stereocenters. The second-order valence-electron chi connectivity index (χ2n) is 5.08. The minimum absolute atomic E-state index is 0.0208. The van der Waals surface area contributed by atoms with Gasteiger partial charge < -0.3 is 10.2 Å². The van der Waals surface area contributed by atoms with Gasteiger partial charge in [-0.2, -0.15) is 0 Å². The van der Waals surface area contributed by atoms with Crippen LogP contribution in [0.3, 0.4) is 0 Å². The zero-order chi connectivity index (χ0) is 12.5. The van der Waals surface area contributed by atoms with E-state index in [1.165, 1.54) is 0 Å². The van der Waals surface area contributed by atoms with Crippen molar-refractivity contribution in [1.29, 1.82) is 0 Å². The van der Waals surface area contributed by atoms with Crippen molar-refractivity contribution in [1.82, 2.24) is 0 Å². The fourth-order valence-electron chi connectivity index (χ4n) is 3.86. The van der Waals surface area contributed by atoms with Crippen molar-refractivity contribution in [2.75, 3.05) is 0 Å². The SMILES string of the molecule is O=C1C[C@H]2C(=O)C[C@H]1[C@H]1[C@H]2C1(C(=O)O)C(=O)O. The molecule has 4 saturated carbocycles. The van der Waals surface area contributed by atoms with Crippen LogP contribution in [0.15, 0.2) is 0 Å². The summed E-state index contributed by atoms with van der Waals surface area (Å²) in [4.78, 5) is 45.7. The summed E-state index contributed by atoms with van der Waals surface area (Å²) >= 11 is 0. The standard InChI is InChI=1S/C11H10O6/c12-5-1-3-6(13)2-4(5)8-7(3)11(8,9(14)15)10(16)17/h3-4,7-8H,1-2H2,(H,14,15)(H,16,17)/t3-,4+,7-,8-/m0/s1. The number of hydrogen-bond donors (Lipinski definition) is 2. The molecule has 6 nitrogen and oxygen atoms in total. The van der Waals surface area contributed by atoms with Crippen molar-refractivity contribution in [3.8, 4) is 0 Å². The first-order chi connectivity index (χ1) is 7.92. The number of ketones is 2. The predicted octanol–water partition coefficient (Wildman–Crippen LogP) is -0.434. The molecule has 0 aliphatic heterocycles. The minimum atomic E-state index is -1.90. The molecule has 4 rings (SSSR count). The monoisotopic (exact) mass is 238 g/mol. The lowest BCUT2D eigenvalue weighted by Crippen LogP contribution is -2.40. The number of carboxylic acid groups (broad SMARTS) is 2. The lowest BCUT2D eigenvalue weighted by molar-refractivity contribution is -0.158. The average molecular weight is 238 g/mol. The molecular weight excluding hydrogens is 228 g/mol. The van der Waals surface area contributed by atoms with E-state index < -0.39 is 41.0 Å². The number of carbonyl (C=O) groups is 4. The van der Waals surface area contributed by atoms with Crippen LogP contribution >= 0.6 is 0 Å². The number of carboxylic acids is 2. The van der Waals surface area contributed by atoms with Gasteiger partial charge in [-0.15, -0.1) is 0 Å². The summed E-state index contributed by atoms with van der Waals surface area (Å²) in [6.07, 6.45) is 0.0416. The molecule has 0 unspecified atom stereocenters. The fraction of sp³-hybridized carbons (Fsp3) is 0.636. The van der Waals surface area contributed by atoms with Gasteiger partial charge in [-0.25, -0.2) is 0 Å². The first-order valence-corrected chi connectivity index (χ1v) is 5.44. The van der Waals surface area contributed by atoms with Crippen LogP contribution in [0.1, 0.15) is 12.8 Å². The van der Waals surface area contributed by atoms with Crippen molar-refractivity contribution in [3.63, 3.8) is 0 Å². The summed E-state index contributed by atoms with van der Waals surface area (Å²) in [6, 6.07) is 0. The molecule has 4 aliphatic rings. The smallest absolute Gasteiger partial charge is 0.321 e. The van der Waals surface area contributed by atoms with E-state index in [1.807, 2.05) is 0 Å². The average Bonchev–Trinajstić information content (AvgIpc) is 2.92. The van der Waals surface area contributed by atoms with Crippen molar-refractivity contribution >= 4 is 23.5 Å². The van der Waals surface area contributed by atoms with Gasteiger partial charge in [0.15, 0.2) is 5.41 Å². The van der Waals surface area contributed by atoms with Gasteiger partial charge in [0.25, 0.3) is 0 Å². The van der Waals surface area contributed by atoms with Crippen LogP contribution in [0.2, 0.25) is 0 Å². The number of Topliss-reactive ketones (excluding diaryl/α,β-unsaturated/α-hetero) is 2. The molecule has 2 bridgehead atoms. The molecule has 0 saturated heterocycles. The molecule has 2 N–H and O–H groups in total. The van der Waals surface area contributed by atoms with Gasteiger partial charge in [-0.3, -0.25) is 19.2 Å². The maximum atomic E-state index is 11.6. The predicted molar refractivity (Wildman–Crippen MR) is 50.9 cm³/mol. The second kappa shape index (κ2) is 2.75. The van der Waals surface area contributed by atoms with Gasteiger partial charge in [-0.1, -0.05) is 0 Å². The molecule has 0 aromatic rings. The molecule has 0 aromatic heterocycles. The molecule has 17 heavy (non-hydrogen) atoms. The highest BCUT2D eigenvalue weighted by Gasteiger charge is 2.83. The molecule has 90 valence electrons. The zero-order valence-electron chi connectivity index (χ0n) is 8.75. The van der Waals surface area contributed by atoms with Crippen LogP contribution in [-0.4, -0.2) is 33.7 Å². The summed E-state index contributed by atoms with van der Waals surface area (Å²) in [7, 11) is 0. The molecule has 0 radical (unpaired) electrons. The first-order valence-electron chi connectivity index (χ1n) is 5.44. The molecule has 4 aliphatic carbocycles. The van der Waals surface area contributed by atoms with Gasteiger partial charge in [0, 0.05) is 36.5 Å². The van der Waals surface area contributed by atoms with Gasteiger partial charge >= 0.3 is 11.9 Å². The highest BCUT2D eigenvalue weighted by atomic mass is 16.4. The lowest BCUT2D eigenvalue weighted by atomic mass is 9.69. The van der Waals surface area contributed by atoms with Crippen molar-refractivity contribution in [2.45, 2.75) is 12.8 Å². The van der Waals surface area contributed by atoms with E-state index in [9.17, 15) is 19.2 Å². The highest BCUT2D eigenvalue weighted by Crippen LogP contribution is 2.72. The van der Waals surface area contributed by atoms with Gasteiger partial charge in [0.2, 0.25) is 0 Å². The van der Waals surface area contributed by atoms with Crippen LogP contribution in [0.25, 0.3) is 0 Å². The third-order valence-corrected chi connectivity index (χ3v) is 4.57. The summed E-state index contributed by atoms with van der Waals surface area (Å²) in [5, 5.41) is 18.3. The molecule has 0 spiro atoms. The lowest BCUT2D eigenvalue weighted by Gasteiger charge is -2.31. The van der Waals surface area contributed by atoms with Crippen LogP contribution in [0, 0.1) is 29.1 Å². The second-order valence-corrected chi connectivity index (χ2v) is 5.08. The quantitative estimate of drug-likeness (QED) is 0.631. The summed E-state index contributed by atoms with van der Waals surface area (Å²) in [6.45, 7) is 0. The van der Waals surface area contributed by atoms with E-state index >= 15 is 0 Å². The Hall–Kier alpha value is -1.72. The van der Waals surface area contributed by atoms with Gasteiger partial charge in [0.1, 0.15) is 11.6 Å². The van der Waals surface area contributed by atoms with E-state index in [1.54, 1.807) is 0 Å². The summed E-state index contributed by atoms with van der Waals surface area (Å²) in [5.41, 5.74) is -1.90. The van der Waals surface area contributed by atoms with Gasteiger partial charge in [-0.05, 0) is 0 Å². The molecule has 0 heterocycles. The maximum absolute atomic E-state index is 11.6. The Morgan fingerprint density at radius 2 is 1.29 bits per heavy atom. The summed E-state index contributed by atoms with van der Waals surface area (Å²) < 4.78 is 0. The largest absolute Gasteiger partial charge is 0.480 e. The molecule has 0 amide bonds. The Morgan fingerprint density at radius 1 is 0.941 bits per heavy atom. The Balaban J connectivity index is 2.10. The van der Waals surface area contributed by atoms with Crippen LogP contribution in [-0.2, 0) is 19.2 Å². The fourth-order valence-corrected chi connectivity index (χ4v) is 3.86. The third kappa shape index (κ3) is 0.924.